The lowest BCUT2D eigenvalue weighted by molar-refractivity contribution is 0.0609. The summed E-state index contributed by atoms with van der Waals surface area (Å²) in [6.07, 6.45) is 4.75. The van der Waals surface area contributed by atoms with Crippen molar-refractivity contribution in [3.8, 4) is 0 Å². The molecule has 0 saturated carbocycles. The average molecular weight is 330 g/mol. The van der Waals surface area contributed by atoms with Crippen molar-refractivity contribution >= 4 is 11.7 Å². The number of amides is 1. The van der Waals surface area contributed by atoms with Gasteiger partial charge in [0, 0.05) is 18.4 Å². The Labute approximate surface area is 140 Å². The van der Waals surface area contributed by atoms with Crippen LogP contribution in [0.15, 0.2) is 29.0 Å². The fraction of sp³-hybridized carbons (Fsp3) is 0.471. The maximum atomic E-state index is 12.5. The second kappa shape index (κ2) is 7.44. The Balaban J connectivity index is 1.69. The van der Waals surface area contributed by atoms with E-state index in [4.69, 9.17) is 9.15 Å². The van der Waals surface area contributed by atoms with Crippen LogP contribution < -0.4 is 10.6 Å². The summed E-state index contributed by atoms with van der Waals surface area (Å²) < 4.78 is 10.9. The van der Waals surface area contributed by atoms with Gasteiger partial charge >= 0.3 is 0 Å². The summed E-state index contributed by atoms with van der Waals surface area (Å²) in [6, 6.07) is 3.52. The summed E-state index contributed by atoms with van der Waals surface area (Å²) in [7, 11) is 0. The molecule has 3 heterocycles. The van der Waals surface area contributed by atoms with Gasteiger partial charge in [0.2, 0.25) is 0 Å². The minimum atomic E-state index is -0.186. The van der Waals surface area contributed by atoms with Gasteiger partial charge in [-0.2, -0.15) is 0 Å². The van der Waals surface area contributed by atoms with Gasteiger partial charge in [0.15, 0.2) is 5.76 Å². The fourth-order valence-corrected chi connectivity index (χ4v) is 2.83. The molecule has 2 atom stereocenters. The molecule has 24 heavy (non-hydrogen) atoms. The van der Waals surface area contributed by atoms with Crippen molar-refractivity contribution in [1.82, 2.24) is 15.3 Å². The molecule has 1 aliphatic heterocycles. The van der Waals surface area contributed by atoms with E-state index >= 15 is 0 Å². The number of carbonyl (C=O) groups is 1. The molecule has 7 heteroatoms. The predicted molar refractivity (Wildman–Crippen MR) is 89.0 cm³/mol. The first-order chi connectivity index (χ1) is 11.7. The first-order valence-electron chi connectivity index (χ1n) is 8.18. The molecule has 3 rings (SSSR count). The molecule has 0 spiro atoms. The van der Waals surface area contributed by atoms with E-state index in [1.165, 1.54) is 0 Å². The van der Waals surface area contributed by atoms with Crippen molar-refractivity contribution in [1.29, 1.82) is 0 Å². The van der Waals surface area contributed by atoms with E-state index in [0.717, 1.165) is 24.2 Å². The molecule has 1 fully saturated rings. The minimum Gasteiger partial charge on any atom is -0.459 e. The molecular formula is C17H22N4O3. The number of hydrogen-bond acceptors (Lipinski definition) is 6. The van der Waals surface area contributed by atoms with Crippen LogP contribution >= 0.6 is 0 Å². The second-order valence-corrected chi connectivity index (χ2v) is 5.81. The maximum Gasteiger partial charge on any atom is 0.287 e. The summed E-state index contributed by atoms with van der Waals surface area (Å²) >= 11 is 0. The Morgan fingerprint density at radius 1 is 1.38 bits per heavy atom. The van der Waals surface area contributed by atoms with E-state index in [0.29, 0.717) is 24.8 Å². The molecule has 128 valence electrons. The van der Waals surface area contributed by atoms with Crippen LogP contribution in [0.25, 0.3) is 0 Å². The summed E-state index contributed by atoms with van der Waals surface area (Å²) in [5, 5.41) is 6.39. The summed E-state index contributed by atoms with van der Waals surface area (Å²) in [4.78, 5) is 20.9. The Kier molecular flexibility index (Phi) is 5.10. The second-order valence-electron chi connectivity index (χ2n) is 5.81. The predicted octanol–water partition coefficient (Wildman–Crippen LogP) is 1.94. The zero-order valence-electron chi connectivity index (χ0n) is 13.9. The number of nitrogens with zero attached hydrogens (tertiary/aromatic N) is 2. The number of furan rings is 1. The van der Waals surface area contributed by atoms with Gasteiger partial charge in [-0.05, 0) is 31.9 Å². The van der Waals surface area contributed by atoms with Crippen LogP contribution in [0, 0.1) is 6.92 Å². The number of carbonyl (C=O) groups excluding carboxylic acids is 1. The highest BCUT2D eigenvalue weighted by atomic mass is 16.5. The Hall–Kier alpha value is -2.41. The highest BCUT2D eigenvalue weighted by molar-refractivity contribution is 5.93. The smallest absolute Gasteiger partial charge is 0.287 e. The zero-order valence-corrected chi connectivity index (χ0v) is 13.9. The number of aromatic nitrogens is 2. The molecule has 0 aliphatic carbocycles. The molecule has 0 aromatic carbocycles. The molecule has 1 saturated heterocycles. The molecule has 1 amide bonds. The van der Waals surface area contributed by atoms with Crippen LogP contribution in [0.3, 0.4) is 0 Å². The number of anilines is 1. The molecule has 2 N–H and O–H groups in total. The summed E-state index contributed by atoms with van der Waals surface area (Å²) in [5.74, 6) is 1.63. The van der Waals surface area contributed by atoms with Crippen molar-refractivity contribution in [2.75, 3.05) is 18.5 Å². The third-order valence-electron chi connectivity index (χ3n) is 4.12. The minimum absolute atomic E-state index is 0.0583. The molecule has 7 nitrogen and oxygen atoms in total. The van der Waals surface area contributed by atoms with Crippen molar-refractivity contribution in [2.45, 2.75) is 38.8 Å². The topological polar surface area (TPSA) is 89.3 Å². The third kappa shape index (κ3) is 3.73. The van der Waals surface area contributed by atoms with Gasteiger partial charge in [0.25, 0.3) is 5.91 Å². The standard InChI is InChI=1S/C17H22N4O3/c1-3-12-5-9-24-16(12)17(22)21-13-6-8-23-10-14(13)20-15-4-7-18-11(2)19-15/h4-5,7,9,13-14H,3,6,8,10H2,1-2H3,(H,21,22)(H,18,19,20)/t13-,14+/m0/s1. The van der Waals surface area contributed by atoms with Gasteiger partial charge in [-0.25, -0.2) is 9.97 Å². The van der Waals surface area contributed by atoms with Crippen LogP contribution in [0.5, 0.6) is 0 Å². The lowest BCUT2D eigenvalue weighted by Gasteiger charge is -2.32. The number of aryl methyl sites for hydroxylation is 2. The molecule has 0 radical (unpaired) electrons. The maximum absolute atomic E-state index is 12.5. The third-order valence-corrected chi connectivity index (χ3v) is 4.12. The molecule has 0 bridgehead atoms. The van der Waals surface area contributed by atoms with Gasteiger partial charge in [-0.3, -0.25) is 4.79 Å². The van der Waals surface area contributed by atoms with Crippen LogP contribution in [-0.4, -0.2) is 41.2 Å². The lowest BCUT2D eigenvalue weighted by atomic mass is 10.0. The Bertz CT molecular complexity index is 701. The average Bonchev–Trinajstić information content (AvgIpc) is 3.05. The molecule has 2 aromatic rings. The van der Waals surface area contributed by atoms with Crippen molar-refractivity contribution in [3.05, 3.63) is 41.7 Å². The molecule has 0 unspecified atom stereocenters. The number of ether oxygens (including phenoxy) is 1. The van der Waals surface area contributed by atoms with Gasteiger partial charge < -0.3 is 19.8 Å². The van der Waals surface area contributed by atoms with Crippen LogP contribution in [0.1, 0.15) is 35.3 Å². The van der Waals surface area contributed by atoms with Crippen LogP contribution in [0.2, 0.25) is 0 Å². The number of rotatable bonds is 5. The van der Waals surface area contributed by atoms with Gasteiger partial charge in [-0.15, -0.1) is 0 Å². The quantitative estimate of drug-likeness (QED) is 0.871. The number of hydrogen-bond donors (Lipinski definition) is 2. The van der Waals surface area contributed by atoms with Crippen molar-refractivity contribution in [2.24, 2.45) is 0 Å². The van der Waals surface area contributed by atoms with Crippen molar-refractivity contribution in [3.63, 3.8) is 0 Å². The molecular weight excluding hydrogens is 308 g/mol. The largest absolute Gasteiger partial charge is 0.459 e. The lowest BCUT2D eigenvalue weighted by Crippen LogP contribution is -2.52. The molecule has 1 aliphatic rings. The van der Waals surface area contributed by atoms with Crippen molar-refractivity contribution < 1.29 is 13.9 Å². The van der Waals surface area contributed by atoms with E-state index in [1.54, 1.807) is 12.5 Å². The van der Waals surface area contributed by atoms with Gasteiger partial charge in [0.1, 0.15) is 11.6 Å². The normalized spacial score (nSPS) is 20.6. The fourth-order valence-electron chi connectivity index (χ4n) is 2.83. The van der Waals surface area contributed by atoms with E-state index < -0.39 is 0 Å². The SMILES string of the molecule is CCc1ccoc1C(=O)N[C@H]1CCOC[C@H]1Nc1ccnc(C)n1. The van der Waals surface area contributed by atoms with E-state index in [2.05, 4.69) is 20.6 Å². The van der Waals surface area contributed by atoms with E-state index in [1.807, 2.05) is 26.0 Å². The summed E-state index contributed by atoms with van der Waals surface area (Å²) in [5.41, 5.74) is 0.912. The number of nitrogens with one attached hydrogen (secondary N) is 2. The Morgan fingerprint density at radius 2 is 2.25 bits per heavy atom. The highest BCUT2D eigenvalue weighted by Crippen LogP contribution is 2.16. The van der Waals surface area contributed by atoms with E-state index in [9.17, 15) is 4.79 Å². The Morgan fingerprint density at radius 3 is 3.04 bits per heavy atom. The first kappa shape index (κ1) is 16.4. The van der Waals surface area contributed by atoms with Gasteiger partial charge in [0.05, 0.1) is 25.0 Å². The monoisotopic (exact) mass is 330 g/mol. The summed E-state index contributed by atoms with van der Waals surface area (Å²) in [6.45, 7) is 4.96. The van der Waals surface area contributed by atoms with Gasteiger partial charge in [-0.1, -0.05) is 6.92 Å². The molecule has 2 aromatic heterocycles. The first-order valence-corrected chi connectivity index (χ1v) is 8.18. The van der Waals surface area contributed by atoms with Crippen LogP contribution in [0.4, 0.5) is 5.82 Å². The van der Waals surface area contributed by atoms with Crippen LogP contribution in [-0.2, 0) is 11.2 Å². The highest BCUT2D eigenvalue weighted by Gasteiger charge is 2.29. The zero-order chi connectivity index (χ0) is 16.9. The van der Waals surface area contributed by atoms with E-state index in [-0.39, 0.29) is 18.0 Å².